The van der Waals surface area contributed by atoms with Crippen molar-refractivity contribution in [1.29, 1.82) is 0 Å². The number of carbonyl (C=O) groups is 1. The van der Waals surface area contributed by atoms with Crippen LogP contribution in [0.25, 0.3) is 10.8 Å². The van der Waals surface area contributed by atoms with Crippen LogP contribution in [0, 0.1) is 10.1 Å². The molecule has 0 bridgehead atoms. The number of hydrogen-bond donors (Lipinski definition) is 0. The number of rotatable bonds is 4. The number of benzene rings is 1. The van der Waals surface area contributed by atoms with Gasteiger partial charge in [0, 0.05) is 17.6 Å². The van der Waals surface area contributed by atoms with Gasteiger partial charge in [0.2, 0.25) is 0 Å². The Morgan fingerprint density at radius 3 is 2.61 bits per heavy atom. The molecular weight excluding hydrogens is 341 g/mol. The van der Waals surface area contributed by atoms with E-state index in [2.05, 4.69) is 13.9 Å². The SMILES string of the molecule is COC(=O)c1ncc2c([N+](=O)[O-])cccc2c1OSC(F)(F)F. The molecule has 1 aromatic heterocycles. The van der Waals surface area contributed by atoms with E-state index in [9.17, 15) is 28.1 Å². The number of non-ortho nitro benzene ring substituents is 1. The summed E-state index contributed by atoms with van der Waals surface area (Å²) in [7, 11) is 1.02. The van der Waals surface area contributed by atoms with E-state index in [1.807, 2.05) is 0 Å². The molecule has 0 spiro atoms. The molecule has 2 aromatic rings. The van der Waals surface area contributed by atoms with Crippen LogP contribution in [-0.4, -0.2) is 28.5 Å². The summed E-state index contributed by atoms with van der Waals surface area (Å²) < 4.78 is 46.1. The van der Waals surface area contributed by atoms with Crippen molar-refractivity contribution in [2.45, 2.75) is 5.51 Å². The lowest BCUT2D eigenvalue weighted by Crippen LogP contribution is -2.09. The minimum absolute atomic E-state index is 0.0636. The molecule has 0 unspecified atom stereocenters. The fourth-order valence-corrected chi connectivity index (χ4v) is 2.12. The number of alkyl halides is 3. The first-order valence-corrected chi connectivity index (χ1v) is 6.55. The van der Waals surface area contributed by atoms with Crippen LogP contribution < -0.4 is 4.18 Å². The van der Waals surface area contributed by atoms with Crippen LogP contribution in [-0.2, 0) is 4.74 Å². The number of pyridine rings is 1. The van der Waals surface area contributed by atoms with Gasteiger partial charge in [-0.15, -0.1) is 0 Å². The molecule has 0 radical (unpaired) electrons. The summed E-state index contributed by atoms with van der Waals surface area (Å²) in [5.41, 5.74) is -5.64. The van der Waals surface area contributed by atoms with Crippen molar-refractivity contribution < 1.29 is 31.8 Å². The molecule has 0 N–H and O–H groups in total. The second-order valence-corrected chi connectivity index (χ2v) is 4.83. The largest absolute Gasteiger partial charge is 0.479 e. The van der Waals surface area contributed by atoms with Gasteiger partial charge in [-0.1, -0.05) is 6.07 Å². The lowest BCUT2D eigenvalue weighted by atomic mass is 10.1. The van der Waals surface area contributed by atoms with E-state index in [0.717, 1.165) is 19.4 Å². The lowest BCUT2D eigenvalue weighted by Gasteiger charge is -2.12. The third-order valence-corrected chi connectivity index (χ3v) is 3.10. The zero-order valence-corrected chi connectivity index (χ0v) is 12.1. The Hall–Kier alpha value is -2.56. The van der Waals surface area contributed by atoms with Gasteiger partial charge < -0.3 is 8.92 Å². The molecule has 1 aromatic carbocycles. The first-order chi connectivity index (χ1) is 10.7. The smallest absolute Gasteiger partial charge is 0.464 e. The average Bonchev–Trinajstić information content (AvgIpc) is 2.49. The number of nitro benzene ring substituents is 1. The number of nitro groups is 1. The zero-order chi connectivity index (χ0) is 17.2. The van der Waals surface area contributed by atoms with Crippen LogP contribution in [0.3, 0.4) is 0 Å². The van der Waals surface area contributed by atoms with Gasteiger partial charge in [-0.3, -0.25) is 10.1 Å². The molecule has 7 nitrogen and oxygen atoms in total. The second-order valence-electron chi connectivity index (χ2n) is 4.04. The summed E-state index contributed by atoms with van der Waals surface area (Å²) >= 11 is -0.860. The molecular formula is C12H7F3N2O5S. The highest BCUT2D eigenvalue weighted by Crippen LogP contribution is 2.39. The van der Waals surface area contributed by atoms with Crippen molar-refractivity contribution in [2.75, 3.05) is 7.11 Å². The molecule has 0 aliphatic rings. The first-order valence-electron chi connectivity index (χ1n) is 5.81. The van der Waals surface area contributed by atoms with Crippen LogP contribution in [0.5, 0.6) is 5.75 Å². The summed E-state index contributed by atoms with van der Waals surface area (Å²) in [5, 5.41) is 10.8. The maximum Gasteiger partial charge on any atom is 0.479 e. The highest BCUT2D eigenvalue weighted by molar-refractivity contribution is 7.95. The predicted octanol–water partition coefficient (Wildman–Crippen LogP) is 3.48. The minimum atomic E-state index is -4.74. The van der Waals surface area contributed by atoms with Crippen LogP contribution in [0.4, 0.5) is 18.9 Å². The number of halogens is 3. The van der Waals surface area contributed by atoms with Gasteiger partial charge in [0.25, 0.3) is 5.69 Å². The van der Waals surface area contributed by atoms with E-state index in [-0.39, 0.29) is 16.5 Å². The Kier molecular flexibility index (Phi) is 4.59. The topological polar surface area (TPSA) is 91.6 Å². The molecule has 0 atom stereocenters. The van der Waals surface area contributed by atoms with E-state index >= 15 is 0 Å². The van der Waals surface area contributed by atoms with Gasteiger partial charge in [-0.2, -0.15) is 13.2 Å². The van der Waals surface area contributed by atoms with E-state index < -0.39 is 39.9 Å². The number of carbonyl (C=O) groups excluding carboxylic acids is 1. The average molecular weight is 348 g/mol. The number of nitrogens with zero attached hydrogens (tertiary/aromatic N) is 2. The second kappa shape index (κ2) is 6.28. The Morgan fingerprint density at radius 2 is 2.04 bits per heavy atom. The van der Waals surface area contributed by atoms with Gasteiger partial charge in [-0.25, -0.2) is 9.78 Å². The van der Waals surface area contributed by atoms with Crippen LogP contribution in [0.2, 0.25) is 0 Å². The van der Waals surface area contributed by atoms with Gasteiger partial charge >= 0.3 is 11.5 Å². The van der Waals surface area contributed by atoms with Crippen molar-refractivity contribution in [3.05, 3.63) is 40.2 Å². The number of fused-ring (bicyclic) bond motifs is 1. The van der Waals surface area contributed by atoms with Crippen LogP contribution >= 0.6 is 12.0 Å². The van der Waals surface area contributed by atoms with E-state index in [1.165, 1.54) is 12.1 Å². The molecule has 0 aliphatic carbocycles. The molecule has 1 heterocycles. The highest BCUT2D eigenvalue weighted by Gasteiger charge is 2.33. The summed E-state index contributed by atoms with van der Waals surface area (Å²) in [6, 6.07) is 3.69. The van der Waals surface area contributed by atoms with Crippen molar-refractivity contribution in [3.63, 3.8) is 0 Å². The number of aromatic nitrogens is 1. The Labute approximate surface area is 130 Å². The summed E-state index contributed by atoms with van der Waals surface area (Å²) in [4.78, 5) is 25.5. The Bertz CT molecular complexity index is 781. The Morgan fingerprint density at radius 1 is 1.35 bits per heavy atom. The number of methoxy groups -OCH3 is 1. The highest BCUT2D eigenvalue weighted by atomic mass is 32.2. The van der Waals surface area contributed by atoms with E-state index in [0.29, 0.717) is 0 Å². The maximum atomic E-state index is 12.4. The van der Waals surface area contributed by atoms with Gasteiger partial charge in [0.1, 0.15) is 0 Å². The molecule has 23 heavy (non-hydrogen) atoms. The number of esters is 1. The van der Waals surface area contributed by atoms with E-state index in [1.54, 1.807) is 0 Å². The summed E-state index contributed by atoms with van der Waals surface area (Å²) in [6.45, 7) is 0. The van der Waals surface area contributed by atoms with Crippen LogP contribution in [0.15, 0.2) is 24.4 Å². The van der Waals surface area contributed by atoms with Crippen molar-refractivity contribution in [2.24, 2.45) is 0 Å². The van der Waals surface area contributed by atoms with Gasteiger partial charge in [0.05, 0.1) is 17.4 Å². The molecule has 0 amide bonds. The van der Waals surface area contributed by atoms with Crippen LogP contribution in [0.1, 0.15) is 10.5 Å². The maximum absolute atomic E-state index is 12.4. The van der Waals surface area contributed by atoms with Gasteiger partial charge in [-0.05, 0) is 6.07 Å². The van der Waals surface area contributed by atoms with E-state index in [4.69, 9.17) is 0 Å². The lowest BCUT2D eigenvalue weighted by molar-refractivity contribution is -0.383. The standard InChI is InChI=1S/C12H7F3N2O5S/c1-21-11(18)9-10(22-23-12(13,14)15)6-3-2-4-8(17(19)20)7(6)5-16-9/h2-5H,1H3. The molecule has 2 rings (SSSR count). The molecule has 0 aliphatic heterocycles. The number of hydrogen-bond acceptors (Lipinski definition) is 7. The minimum Gasteiger partial charge on any atom is -0.464 e. The summed E-state index contributed by atoms with van der Waals surface area (Å²) in [6.07, 6.45) is 1.00. The third-order valence-electron chi connectivity index (χ3n) is 2.66. The Balaban J connectivity index is 2.67. The fraction of sp³-hybridized carbons (Fsp3) is 0.167. The molecule has 11 heteroatoms. The third kappa shape index (κ3) is 3.62. The molecule has 0 saturated carbocycles. The van der Waals surface area contributed by atoms with Crippen molar-refractivity contribution >= 4 is 34.5 Å². The van der Waals surface area contributed by atoms with Crippen molar-refractivity contribution in [1.82, 2.24) is 4.98 Å². The molecule has 0 saturated heterocycles. The quantitative estimate of drug-likeness (QED) is 0.361. The van der Waals surface area contributed by atoms with Gasteiger partial charge in [0.15, 0.2) is 23.5 Å². The van der Waals surface area contributed by atoms with Crippen molar-refractivity contribution in [3.8, 4) is 5.75 Å². The molecule has 122 valence electrons. The normalized spacial score (nSPS) is 11.3. The number of ether oxygens (including phenoxy) is 1. The molecule has 0 fully saturated rings. The first kappa shape index (κ1) is 16.8. The predicted molar refractivity (Wildman–Crippen MR) is 74.0 cm³/mol. The summed E-state index contributed by atoms with van der Waals surface area (Å²) in [5.74, 6) is -1.59. The monoisotopic (exact) mass is 348 g/mol. The fourth-order valence-electron chi connectivity index (χ4n) is 1.78. The zero-order valence-electron chi connectivity index (χ0n) is 11.3.